The second-order valence-corrected chi connectivity index (χ2v) is 5.17. The molecule has 0 unspecified atom stereocenters. The second kappa shape index (κ2) is 5.32. The maximum atomic E-state index is 5.82. The van der Waals surface area contributed by atoms with E-state index in [0.29, 0.717) is 12.5 Å². The molecule has 1 heterocycles. The normalized spacial score (nSPS) is 10.8. The van der Waals surface area contributed by atoms with E-state index in [4.69, 9.17) is 4.74 Å². The van der Waals surface area contributed by atoms with E-state index < -0.39 is 0 Å². The van der Waals surface area contributed by atoms with Gasteiger partial charge in [-0.05, 0) is 30.0 Å². The highest BCUT2D eigenvalue weighted by atomic mass is 32.1. The van der Waals surface area contributed by atoms with Gasteiger partial charge in [0, 0.05) is 5.38 Å². The summed E-state index contributed by atoms with van der Waals surface area (Å²) in [6, 6.07) is 6.41. The van der Waals surface area contributed by atoms with Crippen LogP contribution >= 0.6 is 11.3 Å². The van der Waals surface area contributed by atoms with Crippen LogP contribution in [0.25, 0.3) is 0 Å². The quantitative estimate of drug-likeness (QED) is 0.809. The molecule has 0 aliphatic carbocycles. The Morgan fingerprint density at radius 3 is 2.82 bits per heavy atom. The number of hydrogen-bond donors (Lipinski definition) is 0. The maximum absolute atomic E-state index is 5.82. The first kappa shape index (κ1) is 12.1. The lowest BCUT2D eigenvalue weighted by molar-refractivity contribution is 0.299. The molecular formula is C14H17NOS. The van der Waals surface area contributed by atoms with Gasteiger partial charge in [-0.1, -0.05) is 26.0 Å². The molecule has 0 amide bonds. The van der Waals surface area contributed by atoms with E-state index in [2.05, 4.69) is 44.0 Å². The zero-order valence-corrected chi connectivity index (χ0v) is 11.3. The molecule has 1 aromatic heterocycles. The highest BCUT2D eigenvalue weighted by Gasteiger charge is 2.05. The summed E-state index contributed by atoms with van der Waals surface area (Å²) in [6.07, 6.45) is 0. The Hall–Kier alpha value is -1.35. The summed E-state index contributed by atoms with van der Waals surface area (Å²) in [7, 11) is 0. The first-order chi connectivity index (χ1) is 8.16. The van der Waals surface area contributed by atoms with E-state index in [-0.39, 0.29) is 0 Å². The fraction of sp³-hybridized carbons (Fsp3) is 0.357. The molecular weight excluding hydrogens is 230 g/mol. The van der Waals surface area contributed by atoms with E-state index in [1.165, 1.54) is 11.1 Å². The monoisotopic (exact) mass is 247 g/mol. The third-order valence-corrected chi connectivity index (χ3v) is 3.37. The average molecular weight is 247 g/mol. The summed E-state index contributed by atoms with van der Waals surface area (Å²) in [5, 5.41) is 2.02. The molecule has 1 aromatic carbocycles. The van der Waals surface area contributed by atoms with E-state index in [1.807, 2.05) is 10.9 Å². The van der Waals surface area contributed by atoms with Crippen molar-refractivity contribution in [1.29, 1.82) is 0 Å². The van der Waals surface area contributed by atoms with Crippen LogP contribution < -0.4 is 4.74 Å². The van der Waals surface area contributed by atoms with Crippen molar-refractivity contribution in [2.45, 2.75) is 33.3 Å². The summed E-state index contributed by atoms with van der Waals surface area (Å²) < 4.78 is 5.82. The Labute approximate surface area is 106 Å². The van der Waals surface area contributed by atoms with Crippen molar-refractivity contribution in [2.75, 3.05) is 0 Å². The Morgan fingerprint density at radius 2 is 2.18 bits per heavy atom. The van der Waals surface area contributed by atoms with E-state index in [9.17, 15) is 0 Å². The molecule has 0 bridgehead atoms. The minimum absolute atomic E-state index is 0.525. The molecule has 0 atom stereocenters. The maximum Gasteiger partial charge on any atom is 0.131 e. The summed E-state index contributed by atoms with van der Waals surface area (Å²) in [5.74, 6) is 1.49. The number of nitrogens with zero attached hydrogens (tertiary/aromatic N) is 1. The fourth-order valence-electron chi connectivity index (χ4n) is 1.59. The van der Waals surface area contributed by atoms with Gasteiger partial charge in [0.25, 0.3) is 0 Å². The smallest absolute Gasteiger partial charge is 0.131 e. The van der Waals surface area contributed by atoms with E-state index in [1.54, 1.807) is 11.3 Å². The van der Waals surface area contributed by atoms with Crippen molar-refractivity contribution in [1.82, 2.24) is 4.98 Å². The number of rotatable bonds is 4. The number of ether oxygens (including phenoxy) is 1. The summed E-state index contributed by atoms with van der Waals surface area (Å²) in [5.41, 5.74) is 5.30. The molecule has 0 saturated heterocycles. The van der Waals surface area contributed by atoms with Gasteiger partial charge in [0.2, 0.25) is 0 Å². The molecule has 0 aliphatic rings. The van der Waals surface area contributed by atoms with Crippen LogP contribution in [0.2, 0.25) is 0 Å². The van der Waals surface area contributed by atoms with Gasteiger partial charge in [0.15, 0.2) is 0 Å². The Morgan fingerprint density at radius 1 is 1.35 bits per heavy atom. The molecule has 3 heteroatoms. The molecule has 2 rings (SSSR count). The fourth-order valence-corrected chi connectivity index (χ4v) is 2.13. The van der Waals surface area contributed by atoms with Crippen molar-refractivity contribution in [2.24, 2.45) is 0 Å². The largest absolute Gasteiger partial charge is 0.487 e. The molecule has 0 aliphatic heterocycles. The van der Waals surface area contributed by atoms with Gasteiger partial charge in [-0.3, -0.25) is 0 Å². The molecule has 2 aromatic rings. The predicted molar refractivity (Wildman–Crippen MR) is 71.7 cm³/mol. The number of aromatic nitrogens is 1. The predicted octanol–water partition coefficient (Wildman–Crippen LogP) is 4.15. The Bertz CT molecular complexity index is 477. The lowest BCUT2D eigenvalue weighted by Crippen LogP contribution is -1.98. The number of benzene rings is 1. The second-order valence-electron chi connectivity index (χ2n) is 4.45. The molecule has 17 heavy (non-hydrogen) atoms. The third-order valence-electron chi connectivity index (χ3n) is 2.74. The van der Waals surface area contributed by atoms with Crippen LogP contribution in [0.5, 0.6) is 5.75 Å². The van der Waals surface area contributed by atoms with Gasteiger partial charge in [-0.25, -0.2) is 4.98 Å². The summed E-state index contributed by atoms with van der Waals surface area (Å²) in [4.78, 5) is 4.21. The van der Waals surface area contributed by atoms with Crippen molar-refractivity contribution in [3.8, 4) is 5.75 Å². The first-order valence-electron chi connectivity index (χ1n) is 5.77. The van der Waals surface area contributed by atoms with Gasteiger partial charge in [-0.15, -0.1) is 11.3 Å². The van der Waals surface area contributed by atoms with Crippen LogP contribution in [-0.2, 0) is 6.61 Å². The third kappa shape index (κ3) is 3.07. The highest BCUT2D eigenvalue weighted by molar-refractivity contribution is 7.07. The number of thiazole rings is 1. The van der Waals surface area contributed by atoms with Crippen LogP contribution in [0.4, 0.5) is 0 Å². The zero-order chi connectivity index (χ0) is 12.3. The first-order valence-corrected chi connectivity index (χ1v) is 6.71. The van der Waals surface area contributed by atoms with Gasteiger partial charge in [-0.2, -0.15) is 0 Å². The van der Waals surface area contributed by atoms with Crippen LogP contribution in [0.15, 0.2) is 29.1 Å². The summed E-state index contributed by atoms with van der Waals surface area (Å²) in [6.45, 7) is 7.00. The lowest BCUT2D eigenvalue weighted by Gasteiger charge is -2.12. The topological polar surface area (TPSA) is 22.1 Å². The van der Waals surface area contributed by atoms with Crippen molar-refractivity contribution < 1.29 is 4.74 Å². The van der Waals surface area contributed by atoms with Crippen LogP contribution in [0, 0.1) is 6.92 Å². The van der Waals surface area contributed by atoms with Crippen LogP contribution in [0.3, 0.4) is 0 Å². The minimum Gasteiger partial charge on any atom is -0.487 e. The van der Waals surface area contributed by atoms with Gasteiger partial charge in [0.1, 0.15) is 12.4 Å². The highest BCUT2D eigenvalue weighted by Crippen LogP contribution is 2.24. The molecule has 2 nitrogen and oxygen atoms in total. The van der Waals surface area contributed by atoms with Gasteiger partial charge in [0.05, 0.1) is 11.2 Å². The van der Waals surface area contributed by atoms with E-state index >= 15 is 0 Å². The molecule has 0 saturated carbocycles. The van der Waals surface area contributed by atoms with Gasteiger partial charge < -0.3 is 4.74 Å². The van der Waals surface area contributed by atoms with E-state index in [0.717, 1.165) is 11.4 Å². The lowest BCUT2D eigenvalue weighted by atomic mass is 10.0. The average Bonchev–Trinajstić information content (AvgIpc) is 2.80. The van der Waals surface area contributed by atoms with Crippen molar-refractivity contribution >= 4 is 11.3 Å². The Balaban J connectivity index is 2.11. The zero-order valence-electron chi connectivity index (χ0n) is 10.4. The SMILES string of the molecule is Cc1ccc(C(C)C)cc1OCc1cscn1. The van der Waals surface area contributed by atoms with Gasteiger partial charge >= 0.3 is 0 Å². The Kier molecular flexibility index (Phi) is 3.79. The standard InChI is InChI=1S/C14H17NOS/c1-10(2)12-5-4-11(3)14(6-12)16-7-13-8-17-9-15-13/h4-6,8-10H,7H2,1-3H3. The van der Waals surface area contributed by atoms with Crippen LogP contribution in [-0.4, -0.2) is 4.98 Å². The molecule has 0 N–H and O–H groups in total. The number of hydrogen-bond acceptors (Lipinski definition) is 3. The minimum atomic E-state index is 0.525. The molecule has 90 valence electrons. The van der Waals surface area contributed by atoms with Crippen molar-refractivity contribution in [3.05, 3.63) is 45.9 Å². The molecule has 0 spiro atoms. The summed E-state index contributed by atoms with van der Waals surface area (Å²) >= 11 is 1.60. The van der Waals surface area contributed by atoms with Crippen molar-refractivity contribution in [3.63, 3.8) is 0 Å². The van der Waals surface area contributed by atoms with Crippen LogP contribution in [0.1, 0.15) is 36.6 Å². The number of aryl methyl sites for hydroxylation is 1. The molecule has 0 fully saturated rings. The molecule has 0 radical (unpaired) electrons.